The molecule has 2 amide bonds. The number of hydrogen-bond acceptors (Lipinski definition) is 5. The van der Waals surface area contributed by atoms with Crippen LogP contribution in [0.15, 0.2) is 48.5 Å². The molecule has 3 N–H and O–H groups in total. The van der Waals surface area contributed by atoms with Crippen LogP contribution in [0, 0.1) is 11.3 Å². The molecule has 0 aliphatic heterocycles. The Morgan fingerprint density at radius 2 is 1.59 bits per heavy atom. The fourth-order valence-electron chi connectivity index (χ4n) is 4.96. The Labute approximate surface area is 198 Å². The van der Waals surface area contributed by atoms with Crippen molar-refractivity contribution >= 4 is 18.0 Å². The van der Waals surface area contributed by atoms with E-state index in [9.17, 15) is 14.4 Å². The van der Waals surface area contributed by atoms with Crippen molar-refractivity contribution in [1.82, 2.24) is 10.8 Å². The molecule has 1 fully saturated rings. The second-order valence-electron chi connectivity index (χ2n) is 9.26. The van der Waals surface area contributed by atoms with E-state index in [0.717, 1.165) is 35.1 Å². The average Bonchev–Trinajstić information content (AvgIpc) is 3.16. The van der Waals surface area contributed by atoms with Crippen LogP contribution in [0.1, 0.15) is 49.7 Å². The van der Waals surface area contributed by atoms with Crippen molar-refractivity contribution in [2.45, 2.75) is 38.5 Å². The summed E-state index contributed by atoms with van der Waals surface area (Å²) in [6.07, 6.45) is 2.22. The zero-order valence-electron chi connectivity index (χ0n) is 19.2. The average molecular weight is 467 g/mol. The summed E-state index contributed by atoms with van der Waals surface area (Å²) in [6, 6.07) is 16.2. The maximum atomic E-state index is 12.8. The number of fused-ring (bicyclic) bond motifs is 3. The quantitative estimate of drug-likeness (QED) is 0.509. The highest BCUT2D eigenvalue weighted by Gasteiger charge is 2.42. The molecule has 4 rings (SSSR count). The number of alkyl carbamates (subject to hydrolysis) is 1. The van der Waals surface area contributed by atoms with Gasteiger partial charge in [-0.1, -0.05) is 55.5 Å². The van der Waals surface area contributed by atoms with Crippen molar-refractivity contribution in [2.24, 2.45) is 11.3 Å². The number of ether oxygens (including phenoxy) is 1. The Morgan fingerprint density at radius 1 is 1.00 bits per heavy atom. The van der Waals surface area contributed by atoms with Gasteiger partial charge in [0.2, 0.25) is 0 Å². The molecule has 0 atom stereocenters. The Hall–Kier alpha value is -3.39. The first kappa shape index (κ1) is 23.8. The summed E-state index contributed by atoms with van der Waals surface area (Å²) in [4.78, 5) is 41.0. The summed E-state index contributed by atoms with van der Waals surface area (Å²) < 4.78 is 5.60. The fraction of sp³-hybridized carbons (Fsp3) is 0.423. The van der Waals surface area contributed by atoms with E-state index in [0.29, 0.717) is 18.8 Å². The van der Waals surface area contributed by atoms with Gasteiger partial charge in [-0.2, -0.15) is 0 Å². The first-order valence-corrected chi connectivity index (χ1v) is 11.6. The number of carbonyl (C=O) groups excluding carboxylic acids is 2. The summed E-state index contributed by atoms with van der Waals surface area (Å²) in [5.41, 5.74) is 5.95. The van der Waals surface area contributed by atoms with E-state index in [2.05, 4.69) is 42.0 Å². The van der Waals surface area contributed by atoms with E-state index in [1.807, 2.05) is 24.3 Å². The van der Waals surface area contributed by atoms with Crippen molar-refractivity contribution in [3.63, 3.8) is 0 Å². The summed E-state index contributed by atoms with van der Waals surface area (Å²) >= 11 is 0. The molecule has 2 aliphatic rings. The summed E-state index contributed by atoms with van der Waals surface area (Å²) in [6.45, 7) is 1.79. The maximum absolute atomic E-state index is 12.8. The number of carboxylic acid groups (broad SMARTS) is 1. The van der Waals surface area contributed by atoms with Crippen molar-refractivity contribution in [2.75, 3.05) is 19.8 Å². The molecule has 2 aliphatic carbocycles. The van der Waals surface area contributed by atoms with Crippen LogP contribution < -0.4 is 10.8 Å². The van der Waals surface area contributed by atoms with Gasteiger partial charge in [-0.3, -0.25) is 9.63 Å². The van der Waals surface area contributed by atoms with Crippen LogP contribution in [0.5, 0.6) is 0 Å². The Bertz CT molecular complexity index is 1020. The minimum Gasteiger partial charge on any atom is -0.479 e. The van der Waals surface area contributed by atoms with Crippen LogP contribution in [0.3, 0.4) is 0 Å². The van der Waals surface area contributed by atoms with Gasteiger partial charge < -0.3 is 15.2 Å². The lowest BCUT2D eigenvalue weighted by molar-refractivity contribution is -0.154. The first-order valence-electron chi connectivity index (χ1n) is 11.6. The number of carbonyl (C=O) groups is 3. The predicted molar refractivity (Wildman–Crippen MR) is 125 cm³/mol. The van der Waals surface area contributed by atoms with Crippen LogP contribution in [0.25, 0.3) is 11.1 Å². The van der Waals surface area contributed by atoms with Gasteiger partial charge >= 0.3 is 12.1 Å². The van der Waals surface area contributed by atoms with Crippen molar-refractivity contribution < 1.29 is 29.1 Å². The lowest BCUT2D eigenvalue weighted by Crippen LogP contribution is -2.50. The van der Waals surface area contributed by atoms with Crippen LogP contribution in [-0.4, -0.2) is 42.8 Å². The third kappa shape index (κ3) is 5.07. The monoisotopic (exact) mass is 466 g/mol. The standard InChI is InChI=1S/C26H30N2O6/c1-17-10-12-26(13-11-17,24(31)28-34-15-23(29)30)16-27-25(32)33-14-22-20-8-4-2-6-18(20)19-7-3-5-9-21(19)22/h2-9,17,22H,10-16H2,1H3,(H,27,32)(H,28,31)(H,29,30). The molecule has 0 heterocycles. The molecule has 0 spiro atoms. The number of hydroxylamine groups is 1. The van der Waals surface area contributed by atoms with Crippen LogP contribution >= 0.6 is 0 Å². The molecule has 0 radical (unpaired) electrons. The lowest BCUT2D eigenvalue weighted by atomic mass is 9.70. The van der Waals surface area contributed by atoms with E-state index >= 15 is 0 Å². The second kappa shape index (κ2) is 10.3. The van der Waals surface area contributed by atoms with E-state index in [4.69, 9.17) is 14.7 Å². The highest BCUT2D eigenvalue weighted by molar-refractivity contribution is 5.83. The molecule has 1 saturated carbocycles. The molecule has 0 bridgehead atoms. The van der Waals surface area contributed by atoms with E-state index < -0.39 is 30.0 Å². The minimum atomic E-state index is -1.18. The zero-order chi connectivity index (χ0) is 24.1. The predicted octanol–water partition coefficient (Wildman–Crippen LogP) is 3.85. The number of carboxylic acids is 1. The van der Waals surface area contributed by atoms with Gasteiger partial charge in [0.15, 0.2) is 6.61 Å². The third-order valence-electron chi connectivity index (χ3n) is 6.99. The van der Waals surface area contributed by atoms with Crippen LogP contribution in [-0.2, 0) is 19.2 Å². The highest BCUT2D eigenvalue weighted by atomic mass is 16.7. The normalized spacial score (nSPS) is 21.3. The second-order valence-corrected chi connectivity index (χ2v) is 9.26. The van der Waals surface area contributed by atoms with Crippen LogP contribution in [0.2, 0.25) is 0 Å². The first-order chi connectivity index (χ1) is 16.4. The van der Waals surface area contributed by atoms with Gasteiger partial charge in [-0.25, -0.2) is 15.1 Å². The number of nitrogens with one attached hydrogen (secondary N) is 2. The zero-order valence-corrected chi connectivity index (χ0v) is 19.2. The molecule has 8 heteroatoms. The minimum absolute atomic E-state index is 0.0460. The number of amides is 2. The van der Waals surface area contributed by atoms with Crippen molar-refractivity contribution in [3.05, 3.63) is 59.7 Å². The van der Waals surface area contributed by atoms with Gasteiger partial charge in [0.05, 0.1) is 5.41 Å². The number of rotatable bonds is 8. The SMILES string of the molecule is CC1CCC(CNC(=O)OCC2c3ccccc3-c3ccccc32)(C(=O)NOCC(=O)O)CC1. The van der Waals surface area contributed by atoms with Gasteiger partial charge in [0.25, 0.3) is 5.91 Å². The number of hydrogen-bond donors (Lipinski definition) is 3. The van der Waals surface area contributed by atoms with Crippen molar-refractivity contribution in [1.29, 1.82) is 0 Å². The van der Waals surface area contributed by atoms with Gasteiger partial charge in [-0.15, -0.1) is 0 Å². The molecule has 0 saturated heterocycles. The fourth-order valence-corrected chi connectivity index (χ4v) is 4.96. The van der Waals surface area contributed by atoms with Crippen LogP contribution in [0.4, 0.5) is 4.79 Å². The van der Waals surface area contributed by atoms with Gasteiger partial charge in [0.1, 0.15) is 6.61 Å². The number of aliphatic carboxylic acids is 1. The topological polar surface area (TPSA) is 114 Å². The Balaban J connectivity index is 1.37. The summed E-state index contributed by atoms with van der Waals surface area (Å²) in [7, 11) is 0. The van der Waals surface area contributed by atoms with E-state index in [1.54, 1.807) is 0 Å². The Morgan fingerprint density at radius 3 is 2.18 bits per heavy atom. The van der Waals surface area contributed by atoms with Crippen molar-refractivity contribution in [3.8, 4) is 11.1 Å². The van der Waals surface area contributed by atoms with E-state index in [1.165, 1.54) is 0 Å². The molecule has 8 nitrogen and oxygen atoms in total. The lowest BCUT2D eigenvalue weighted by Gasteiger charge is -2.37. The molecular weight excluding hydrogens is 436 g/mol. The largest absolute Gasteiger partial charge is 0.479 e. The number of benzene rings is 2. The molecule has 0 unspecified atom stereocenters. The summed E-state index contributed by atoms with van der Waals surface area (Å²) in [5, 5.41) is 11.5. The van der Waals surface area contributed by atoms with E-state index in [-0.39, 0.29) is 19.1 Å². The smallest absolute Gasteiger partial charge is 0.407 e. The third-order valence-corrected chi connectivity index (χ3v) is 6.99. The van der Waals surface area contributed by atoms with Gasteiger partial charge in [0, 0.05) is 12.5 Å². The molecule has 180 valence electrons. The van der Waals surface area contributed by atoms with Gasteiger partial charge in [-0.05, 0) is 53.9 Å². The maximum Gasteiger partial charge on any atom is 0.407 e. The molecule has 2 aromatic carbocycles. The summed E-state index contributed by atoms with van der Waals surface area (Å²) in [5.74, 6) is -1.16. The Kier molecular flexibility index (Phi) is 7.17. The molecule has 2 aromatic rings. The molecule has 0 aromatic heterocycles. The molecular formula is C26H30N2O6. The highest BCUT2D eigenvalue weighted by Crippen LogP contribution is 2.44. The molecule has 34 heavy (non-hydrogen) atoms.